The zero-order valence-corrected chi connectivity index (χ0v) is 20.8. The summed E-state index contributed by atoms with van der Waals surface area (Å²) < 4.78 is 5.64. The number of ketones is 1. The van der Waals surface area contributed by atoms with Crippen LogP contribution in [0.4, 0.5) is 4.79 Å². The van der Waals surface area contributed by atoms with Gasteiger partial charge in [-0.05, 0) is 75.4 Å². The summed E-state index contributed by atoms with van der Waals surface area (Å²) in [5.41, 5.74) is 4.56. The van der Waals surface area contributed by atoms with Gasteiger partial charge in [0.1, 0.15) is 11.5 Å². The molecule has 0 aliphatic heterocycles. The molecule has 1 aromatic carbocycles. The van der Waals surface area contributed by atoms with E-state index < -0.39 is 5.30 Å². The Labute approximate surface area is 200 Å². The fraction of sp³-hybridized carbons (Fsp3) is 0.385. The van der Waals surface area contributed by atoms with Crippen molar-refractivity contribution in [2.75, 3.05) is 12.3 Å². The van der Waals surface area contributed by atoms with Gasteiger partial charge in [-0.15, -0.1) is 0 Å². The van der Waals surface area contributed by atoms with E-state index in [1.807, 2.05) is 46.8 Å². The minimum atomic E-state index is -0.412. The number of nitrogens with zero attached hydrogens (tertiary/aromatic N) is 1. The Hall–Kier alpha value is -2.93. The van der Waals surface area contributed by atoms with Gasteiger partial charge < -0.3 is 10.1 Å². The average molecular weight is 469 g/mol. The molecule has 0 saturated carbocycles. The summed E-state index contributed by atoms with van der Waals surface area (Å²) in [5, 5.41) is 2.38. The lowest BCUT2D eigenvalue weighted by Crippen LogP contribution is -2.27. The first-order valence-corrected chi connectivity index (χ1v) is 12.0. The summed E-state index contributed by atoms with van der Waals surface area (Å²) in [6, 6.07) is 4.05. The van der Waals surface area contributed by atoms with Crippen LogP contribution in [0.1, 0.15) is 48.9 Å². The highest BCUT2D eigenvalue weighted by molar-refractivity contribution is 8.13. The smallest absolute Gasteiger partial charge is 0.372 e. The molecule has 176 valence electrons. The van der Waals surface area contributed by atoms with Gasteiger partial charge in [-0.2, -0.15) is 0 Å². The molecular formula is C26H32N2O4S. The van der Waals surface area contributed by atoms with E-state index in [-0.39, 0.29) is 23.3 Å². The molecule has 2 rings (SSSR count). The first kappa shape index (κ1) is 26.3. The monoisotopic (exact) mass is 468 g/mol. The molecule has 7 heteroatoms. The lowest BCUT2D eigenvalue weighted by molar-refractivity contribution is -0.119. The van der Waals surface area contributed by atoms with Crippen LogP contribution in [0.5, 0.6) is 0 Å². The third-order valence-corrected chi connectivity index (χ3v) is 5.96. The van der Waals surface area contributed by atoms with Crippen LogP contribution in [0.15, 0.2) is 46.8 Å². The standard InChI is InChI=1S/C26H32N2O4S/c1-7-9-10-20(27-6)25(30)28-12-11-19-15-21(32-26(31)33-8-2)23(24(19)29)22-17(4)13-16(3)14-18(22)5/h7,9-10,13-14,19H,6,8,11-12,15H2,1-5H3,(H,28,30)/b9-7-,20-10-. The van der Waals surface area contributed by atoms with E-state index in [1.54, 1.807) is 18.2 Å². The van der Waals surface area contributed by atoms with Crippen LogP contribution in [0.2, 0.25) is 0 Å². The molecule has 1 aromatic rings. The number of thioether (sulfide) groups is 1. The van der Waals surface area contributed by atoms with E-state index in [2.05, 4.69) is 17.0 Å². The highest BCUT2D eigenvalue weighted by atomic mass is 32.2. The molecule has 1 amide bonds. The zero-order valence-electron chi connectivity index (χ0n) is 20.0. The van der Waals surface area contributed by atoms with E-state index >= 15 is 0 Å². The molecule has 0 radical (unpaired) electrons. The molecular weight excluding hydrogens is 436 g/mol. The van der Waals surface area contributed by atoms with Gasteiger partial charge in [-0.1, -0.05) is 36.8 Å². The number of rotatable bonds is 9. The summed E-state index contributed by atoms with van der Waals surface area (Å²) >= 11 is 1.07. The molecule has 6 nitrogen and oxygen atoms in total. The van der Waals surface area contributed by atoms with Crippen molar-refractivity contribution < 1.29 is 19.1 Å². The van der Waals surface area contributed by atoms with Gasteiger partial charge >= 0.3 is 5.30 Å². The Bertz CT molecular complexity index is 1010. The van der Waals surface area contributed by atoms with Crippen LogP contribution in [-0.2, 0) is 14.3 Å². The Balaban J connectivity index is 2.24. The van der Waals surface area contributed by atoms with Gasteiger partial charge in [0.2, 0.25) is 0 Å². The van der Waals surface area contributed by atoms with Gasteiger partial charge in [-0.25, -0.2) is 4.79 Å². The van der Waals surface area contributed by atoms with Crippen molar-refractivity contribution in [3.05, 3.63) is 64.1 Å². The number of carbonyl (C=O) groups is 3. The predicted octanol–water partition coefficient (Wildman–Crippen LogP) is 5.47. The first-order chi connectivity index (χ1) is 15.7. The maximum atomic E-state index is 13.4. The van der Waals surface area contributed by atoms with Crippen LogP contribution in [0.25, 0.3) is 5.57 Å². The second-order valence-electron chi connectivity index (χ2n) is 7.90. The van der Waals surface area contributed by atoms with E-state index in [9.17, 15) is 14.4 Å². The van der Waals surface area contributed by atoms with E-state index in [0.29, 0.717) is 36.5 Å². The molecule has 33 heavy (non-hydrogen) atoms. The van der Waals surface area contributed by atoms with E-state index in [0.717, 1.165) is 34.0 Å². The number of aliphatic imine (C=N–C) groups is 1. The van der Waals surface area contributed by atoms with E-state index in [1.165, 1.54) is 0 Å². The fourth-order valence-electron chi connectivity index (χ4n) is 4.01. The van der Waals surface area contributed by atoms with Crippen LogP contribution in [0.3, 0.4) is 0 Å². The highest BCUT2D eigenvalue weighted by Crippen LogP contribution is 2.40. The lowest BCUT2D eigenvalue weighted by atomic mass is 9.90. The number of ether oxygens (including phenoxy) is 1. The Morgan fingerprint density at radius 3 is 2.52 bits per heavy atom. The topological polar surface area (TPSA) is 84.8 Å². The Kier molecular flexibility index (Phi) is 9.85. The largest absolute Gasteiger partial charge is 0.422 e. The van der Waals surface area contributed by atoms with Crippen molar-refractivity contribution in [2.45, 2.75) is 47.5 Å². The summed E-state index contributed by atoms with van der Waals surface area (Å²) in [6.07, 6.45) is 5.83. The van der Waals surface area contributed by atoms with Crippen molar-refractivity contribution in [3.8, 4) is 0 Å². The van der Waals surface area contributed by atoms with Gasteiger partial charge in [-0.3, -0.25) is 14.6 Å². The number of hydrogen-bond donors (Lipinski definition) is 1. The summed E-state index contributed by atoms with van der Waals surface area (Å²) in [6.45, 7) is 13.4. The molecule has 1 unspecified atom stereocenters. The van der Waals surface area contributed by atoms with Gasteiger partial charge in [0.05, 0.1) is 5.57 Å². The number of amides is 1. The average Bonchev–Trinajstić information content (AvgIpc) is 3.03. The summed E-state index contributed by atoms with van der Waals surface area (Å²) in [5.74, 6) is 0.217. The van der Waals surface area contributed by atoms with Crippen LogP contribution >= 0.6 is 11.8 Å². The van der Waals surface area contributed by atoms with Crippen molar-refractivity contribution >= 4 is 41.0 Å². The number of Topliss-reactive ketones (excluding diaryl/α,β-unsaturated/α-hetero) is 1. The number of hydrogen-bond acceptors (Lipinski definition) is 6. The van der Waals surface area contributed by atoms with Gasteiger partial charge in [0, 0.05) is 24.6 Å². The quantitative estimate of drug-likeness (QED) is 0.225. The van der Waals surface area contributed by atoms with E-state index in [4.69, 9.17) is 4.74 Å². The predicted molar refractivity (Wildman–Crippen MR) is 135 cm³/mol. The molecule has 1 N–H and O–H groups in total. The third-order valence-electron chi connectivity index (χ3n) is 5.35. The number of nitrogens with one attached hydrogen (secondary N) is 1. The number of carbonyl (C=O) groups excluding carboxylic acids is 3. The van der Waals surface area contributed by atoms with Crippen LogP contribution in [0, 0.1) is 26.7 Å². The Morgan fingerprint density at radius 2 is 1.94 bits per heavy atom. The number of aryl methyl sites for hydroxylation is 3. The maximum absolute atomic E-state index is 13.4. The summed E-state index contributed by atoms with van der Waals surface area (Å²) in [7, 11) is 0. The third kappa shape index (κ3) is 6.78. The molecule has 0 bridgehead atoms. The highest BCUT2D eigenvalue weighted by Gasteiger charge is 2.37. The molecule has 1 aliphatic carbocycles. The van der Waals surface area contributed by atoms with Crippen molar-refractivity contribution in [3.63, 3.8) is 0 Å². The first-order valence-electron chi connectivity index (χ1n) is 11.0. The zero-order chi connectivity index (χ0) is 24.5. The minimum absolute atomic E-state index is 0.0601. The molecule has 0 spiro atoms. The molecule has 0 saturated heterocycles. The Morgan fingerprint density at radius 1 is 1.27 bits per heavy atom. The van der Waals surface area contributed by atoms with Crippen LogP contribution < -0.4 is 5.32 Å². The summed E-state index contributed by atoms with van der Waals surface area (Å²) in [4.78, 5) is 41.7. The maximum Gasteiger partial charge on any atom is 0.372 e. The number of benzene rings is 1. The molecule has 0 aromatic heterocycles. The van der Waals surface area contributed by atoms with Gasteiger partial charge in [0.25, 0.3) is 5.91 Å². The second kappa shape index (κ2) is 12.3. The van der Waals surface area contributed by atoms with Gasteiger partial charge in [0.15, 0.2) is 5.78 Å². The SMILES string of the molecule is C=N/C(=C\C=C/C)C(=O)NCCC1CC(OC(=O)SCC)=C(c2c(C)cc(C)cc2C)C1=O. The van der Waals surface area contributed by atoms with Crippen molar-refractivity contribution in [1.29, 1.82) is 0 Å². The molecule has 1 atom stereocenters. The molecule has 1 aliphatic rings. The fourth-order valence-corrected chi connectivity index (χ4v) is 4.40. The van der Waals surface area contributed by atoms with Crippen LogP contribution in [-0.4, -0.2) is 36.0 Å². The molecule has 0 heterocycles. The lowest BCUT2D eigenvalue weighted by Gasteiger charge is -2.14. The number of allylic oxidation sites excluding steroid dienone is 5. The normalized spacial score (nSPS) is 16.5. The van der Waals surface area contributed by atoms with Crippen molar-refractivity contribution in [2.24, 2.45) is 10.9 Å². The minimum Gasteiger partial charge on any atom is -0.422 e. The van der Waals surface area contributed by atoms with Crippen molar-refractivity contribution in [1.82, 2.24) is 5.32 Å². The second-order valence-corrected chi connectivity index (χ2v) is 9.10. The molecule has 0 fully saturated rings.